The first kappa shape index (κ1) is 14.9. The standard InChI is InChI=1S/C14H22FNO2/c1-5-14(3,17)9-16-10(2)12-7-6-11(18-4)8-13(12)15/h6-8,10,16-17H,5,9H2,1-4H3. The molecule has 102 valence electrons. The molecule has 18 heavy (non-hydrogen) atoms. The van der Waals surface area contributed by atoms with Crippen LogP contribution in [0, 0.1) is 5.82 Å². The summed E-state index contributed by atoms with van der Waals surface area (Å²) in [5, 5.41) is 13.0. The van der Waals surface area contributed by atoms with Crippen LogP contribution in [-0.4, -0.2) is 24.4 Å². The van der Waals surface area contributed by atoms with Gasteiger partial charge in [0.05, 0.1) is 12.7 Å². The summed E-state index contributed by atoms with van der Waals surface area (Å²) in [6.45, 7) is 5.98. The van der Waals surface area contributed by atoms with Gasteiger partial charge in [0.2, 0.25) is 0 Å². The second kappa shape index (κ2) is 6.16. The predicted octanol–water partition coefficient (Wildman–Crippen LogP) is 2.65. The van der Waals surface area contributed by atoms with E-state index in [1.165, 1.54) is 13.2 Å². The Bertz CT molecular complexity index is 393. The monoisotopic (exact) mass is 255 g/mol. The van der Waals surface area contributed by atoms with Gasteiger partial charge in [-0.05, 0) is 26.3 Å². The molecule has 0 aliphatic rings. The van der Waals surface area contributed by atoms with Gasteiger partial charge < -0.3 is 15.2 Å². The lowest BCUT2D eigenvalue weighted by Gasteiger charge is -2.25. The lowest BCUT2D eigenvalue weighted by molar-refractivity contribution is 0.0532. The third-order valence-corrected chi connectivity index (χ3v) is 3.22. The van der Waals surface area contributed by atoms with Crippen LogP contribution < -0.4 is 10.1 Å². The van der Waals surface area contributed by atoms with E-state index in [9.17, 15) is 9.50 Å². The normalized spacial score (nSPS) is 16.1. The molecule has 0 radical (unpaired) electrons. The van der Waals surface area contributed by atoms with Gasteiger partial charge in [0.25, 0.3) is 0 Å². The van der Waals surface area contributed by atoms with Gasteiger partial charge in [0, 0.05) is 24.2 Å². The van der Waals surface area contributed by atoms with Crippen molar-refractivity contribution in [2.24, 2.45) is 0 Å². The summed E-state index contributed by atoms with van der Waals surface area (Å²) in [7, 11) is 1.51. The van der Waals surface area contributed by atoms with E-state index >= 15 is 0 Å². The van der Waals surface area contributed by atoms with Crippen LogP contribution in [0.5, 0.6) is 5.75 Å². The van der Waals surface area contributed by atoms with Crippen LogP contribution in [-0.2, 0) is 0 Å². The van der Waals surface area contributed by atoms with Gasteiger partial charge in [0.1, 0.15) is 11.6 Å². The highest BCUT2D eigenvalue weighted by molar-refractivity contribution is 5.30. The maximum Gasteiger partial charge on any atom is 0.131 e. The highest BCUT2D eigenvalue weighted by Gasteiger charge is 2.19. The first-order valence-corrected chi connectivity index (χ1v) is 6.19. The number of hydrogen-bond acceptors (Lipinski definition) is 3. The fraction of sp³-hybridized carbons (Fsp3) is 0.571. The van der Waals surface area contributed by atoms with Crippen molar-refractivity contribution < 1.29 is 14.2 Å². The molecule has 0 saturated carbocycles. The molecule has 3 nitrogen and oxygen atoms in total. The summed E-state index contributed by atoms with van der Waals surface area (Å²) in [5.74, 6) is 0.203. The van der Waals surface area contributed by atoms with E-state index in [0.29, 0.717) is 24.3 Å². The van der Waals surface area contributed by atoms with E-state index in [1.54, 1.807) is 19.1 Å². The van der Waals surface area contributed by atoms with E-state index in [-0.39, 0.29) is 11.9 Å². The molecule has 0 aliphatic heterocycles. The van der Waals surface area contributed by atoms with Gasteiger partial charge >= 0.3 is 0 Å². The number of benzene rings is 1. The minimum atomic E-state index is -0.767. The van der Waals surface area contributed by atoms with E-state index in [1.807, 2.05) is 13.8 Å². The van der Waals surface area contributed by atoms with Gasteiger partial charge in [-0.15, -0.1) is 0 Å². The summed E-state index contributed by atoms with van der Waals surface area (Å²) < 4.78 is 18.8. The summed E-state index contributed by atoms with van der Waals surface area (Å²) in [6.07, 6.45) is 0.651. The second-order valence-electron chi connectivity index (χ2n) is 4.84. The maximum atomic E-state index is 13.8. The number of nitrogens with one attached hydrogen (secondary N) is 1. The van der Waals surface area contributed by atoms with Gasteiger partial charge in [-0.2, -0.15) is 0 Å². The van der Waals surface area contributed by atoms with Gasteiger partial charge in [-0.3, -0.25) is 0 Å². The molecule has 0 saturated heterocycles. The molecule has 2 atom stereocenters. The summed E-state index contributed by atoms with van der Waals surface area (Å²) in [4.78, 5) is 0. The highest BCUT2D eigenvalue weighted by atomic mass is 19.1. The number of methoxy groups -OCH3 is 1. The van der Waals surface area contributed by atoms with Gasteiger partial charge in [-0.1, -0.05) is 13.0 Å². The third kappa shape index (κ3) is 3.96. The minimum Gasteiger partial charge on any atom is -0.497 e. The van der Waals surface area contributed by atoms with E-state index in [2.05, 4.69) is 5.32 Å². The Morgan fingerprint density at radius 1 is 1.50 bits per heavy atom. The quantitative estimate of drug-likeness (QED) is 0.821. The predicted molar refractivity (Wildman–Crippen MR) is 70.3 cm³/mol. The molecule has 2 N–H and O–H groups in total. The average Bonchev–Trinajstić information content (AvgIpc) is 2.36. The zero-order valence-corrected chi connectivity index (χ0v) is 11.5. The molecular formula is C14H22FNO2. The second-order valence-corrected chi connectivity index (χ2v) is 4.84. The largest absolute Gasteiger partial charge is 0.497 e. The summed E-state index contributed by atoms with van der Waals surface area (Å²) >= 11 is 0. The van der Waals surface area contributed by atoms with Crippen LogP contribution in [0.25, 0.3) is 0 Å². The molecule has 1 aromatic rings. The van der Waals surface area contributed by atoms with Crippen LogP contribution in [0.3, 0.4) is 0 Å². The lowest BCUT2D eigenvalue weighted by Crippen LogP contribution is -2.38. The zero-order valence-electron chi connectivity index (χ0n) is 11.5. The number of hydrogen-bond donors (Lipinski definition) is 2. The van der Waals surface area contributed by atoms with E-state index in [0.717, 1.165) is 0 Å². The molecule has 1 aromatic carbocycles. The van der Waals surface area contributed by atoms with Crippen molar-refractivity contribution in [1.82, 2.24) is 5.32 Å². The minimum absolute atomic E-state index is 0.158. The average molecular weight is 255 g/mol. The van der Waals surface area contributed by atoms with Crippen molar-refractivity contribution in [3.8, 4) is 5.75 Å². The van der Waals surface area contributed by atoms with E-state index < -0.39 is 5.60 Å². The van der Waals surface area contributed by atoms with Gasteiger partial charge in [0.15, 0.2) is 0 Å². The van der Waals surface area contributed by atoms with Gasteiger partial charge in [-0.25, -0.2) is 4.39 Å². The van der Waals surface area contributed by atoms with Crippen molar-refractivity contribution in [2.45, 2.75) is 38.8 Å². The fourth-order valence-corrected chi connectivity index (χ4v) is 1.59. The van der Waals surface area contributed by atoms with Crippen molar-refractivity contribution in [3.05, 3.63) is 29.6 Å². The first-order chi connectivity index (χ1) is 8.39. The topological polar surface area (TPSA) is 41.5 Å². The molecule has 0 fully saturated rings. The number of aliphatic hydroxyl groups is 1. The molecule has 1 rings (SSSR count). The highest BCUT2D eigenvalue weighted by Crippen LogP contribution is 2.22. The Morgan fingerprint density at radius 3 is 2.67 bits per heavy atom. The van der Waals surface area contributed by atoms with Crippen LogP contribution in [0.4, 0.5) is 4.39 Å². The lowest BCUT2D eigenvalue weighted by atomic mass is 10.0. The molecule has 0 aliphatic carbocycles. The van der Waals surface area contributed by atoms with Crippen LogP contribution in [0.1, 0.15) is 38.8 Å². The number of halogens is 1. The molecule has 0 heterocycles. The molecular weight excluding hydrogens is 233 g/mol. The summed E-state index contributed by atoms with van der Waals surface area (Å²) in [5.41, 5.74) is -0.195. The third-order valence-electron chi connectivity index (χ3n) is 3.22. The molecule has 2 unspecified atom stereocenters. The van der Waals surface area contributed by atoms with E-state index in [4.69, 9.17) is 4.74 Å². The molecule has 0 bridgehead atoms. The van der Waals surface area contributed by atoms with Crippen molar-refractivity contribution in [2.75, 3.05) is 13.7 Å². The van der Waals surface area contributed by atoms with Crippen molar-refractivity contribution in [3.63, 3.8) is 0 Å². The Labute approximate surface area is 108 Å². The van der Waals surface area contributed by atoms with Crippen LogP contribution in [0.15, 0.2) is 18.2 Å². The fourth-order valence-electron chi connectivity index (χ4n) is 1.59. The zero-order chi connectivity index (χ0) is 13.8. The first-order valence-electron chi connectivity index (χ1n) is 6.19. The van der Waals surface area contributed by atoms with Crippen molar-refractivity contribution in [1.29, 1.82) is 0 Å². The Hall–Kier alpha value is -1.13. The summed E-state index contributed by atoms with van der Waals surface area (Å²) in [6, 6.07) is 4.64. The smallest absolute Gasteiger partial charge is 0.131 e. The van der Waals surface area contributed by atoms with Crippen molar-refractivity contribution >= 4 is 0 Å². The Morgan fingerprint density at radius 2 is 2.17 bits per heavy atom. The molecule has 0 aromatic heterocycles. The Kier molecular flexibility index (Phi) is 5.11. The Balaban J connectivity index is 2.70. The number of ether oxygens (including phenoxy) is 1. The maximum absolute atomic E-state index is 13.8. The van der Waals surface area contributed by atoms with Crippen LogP contribution >= 0.6 is 0 Å². The number of rotatable bonds is 6. The molecule has 0 spiro atoms. The van der Waals surface area contributed by atoms with Crippen LogP contribution in [0.2, 0.25) is 0 Å². The molecule has 4 heteroatoms. The SMILES string of the molecule is CCC(C)(O)CNC(C)c1ccc(OC)cc1F. The molecule has 0 amide bonds.